The van der Waals surface area contributed by atoms with Crippen molar-refractivity contribution in [1.82, 2.24) is 0 Å². The Balaban J connectivity index is 1.88. The van der Waals surface area contributed by atoms with E-state index in [1.807, 2.05) is 0 Å². The zero-order valence-electron chi connectivity index (χ0n) is 25.5. The smallest absolute Gasteiger partial charge is 0.129 e. The zero-order chi connectivity index (χ0) is 29.5. The van der Waals surface area contributed by atoms with E-state index in [1.54, 1.807) is 0 Å². The van der Waals surface area contributed by atoms with Crippen LogP contribution in [0.2, 0.25) is 39.3 Å². The molecule has 42 heavy (non-hydrogen) atoms. The number of hydrogen-bond donors (Lipinski definition) is 0. The summed E-state index contributed by atoms with van der Waals surface area (Å²) in [6, 6.07) is 35.3. The van der Waals surface area contributed by atoms with Gasteiger partial charge >= 0.3 is 0 Å². The van der Waals surface area contributed by atoms with Crippen molar-refractivity contribution in [2.45, 2.75) is 44.7 Å². The molecule has 0 N–H and O–H groups in total. The van der Waals surface area contributed by atoms with Gasteiger partial charge in [0.25, 0.3) is 0 Å². The highest BCUT2D eigenvalue weighted by molar-refractivity contribution is 6.84. The molecular formula is C40H38Si2. The van der Waals surface area contributed by atoms with Gasteiger partial charge in [0.1, 0.15) is 13.5 Å². The van der Waals surface area contributed by atoms with Gasteiger partial charge in [0.2, 0.25) is 0 Å². The molecule has 0 heterocycles. The zero-order valence-corrected chi connectivity index (χ0v) is 27.5. The molecule has 0 amide bonds. The average Bonchev–Trinajstić information content (AvgIpc) is 3.21. The fourth-order valence-corrected chi connectivity index (χ4v) is 8.73. The van der Waals surface area contributed by atoms with Gasteiger partial charge in [0.15, 0.2) is 0 Å². The molecule has 2 heteroatoms. The molecule has 0 spiro atoms. The van der Waals surface area contributed by atoms with Crippen molar-refractivity contribution in [2.24, 2.45) is 0 Å². The maximum Gasteiger partial charge on any atom is 0.129 e. The Labute approximate surface area is 253 Å². The summed E-state index contributed by atoms with van der Waals surface area (Å²) in [7, 11) is -3.85. The summed E-state index contributed by atoms with van der Waals surface area (Å²) >= 11 is 0. The van der Waals surface area contributed by atoms with E-state index in [9.17, 15) is 0 Å². The molecular weight excluding hydrogens is 537 g/mol. The molecule has 0 unspecified atom stereocenters. The minimum absolute atomic E-state index is 0.627. The summed E-state index contributed by atoms with van der Waals surface area (Å²) in [6.45, 7) is 14.4. The SMILES string of the molecule is C[Si](C)(C)C#CC1(C(=C=C2c3ccccc3C=Cc3ccccc32)[Si](C)(C)C)c2ccccc2C=Cc2ccccc21. The standard InChI is InChI=1S/C40H38Si2/c1-41(2,3)28-27-40(37-21-13-9-17-32(37)25-26-33-18-10-14-22-38(33)40)39(42(4,5)6)29-36-34-19-11-7-15-30(34)23-24-31-16-8-12-20-35(31)36/h7-26H,1-6H3. The molecule has 4 aromatic carbocycles. The lowest BCUT2D eigenvalue weighted by molar-refractivity contribution is 0.819. The van der Waals surface area contributed by atoms with E-state index in [-0.39, 0.29) is 0 Å². The Hall–Kier alpha value is -4.13. The summed E-state index contributed by atoms with van der Waals surface area (Å²) in [6.07, 6.45) is 9.05. The van der Waals surface area contributed by atoms with Crippen LogP contribution in [0.15, 0.2) is 108 Å². The van der Waals surface area contributed by atoms with Gasteiger partial charge in [-0.15, -0.1) is 11.3 Å². The molecule has 2 aliphatic rings. The van der Waals surface area contributed by atoms with Crippen molar-refractivity contribution in [3.8, 4) is 11.5 Å². The van der Waals surface area contributed by atoms with Crippen LogP contribution in [0.1, 0.15) is 44.5 Å². The molecule has 6 rings (SSSR count). The summed E-state index contributed by atoms with van der Waals surface area (Å²) in [4.78, 5) is 0. The topological polar surface area (TPSA) is 0 Å². The van der Waals surface area contributed by atoms with Gasteiger partial charge in [-0.25, -0.2) is 0 Å². The lowest BCUT2D eigenvalue weighted by Gasteiger charge is -2.39. The molecule has 0 nitrogen and oxygen atoms in total. The minimum atomic E-state index is -2.10. The Kier molecular flexibility index (Phi) is 7.08. The molecule has 0 saturated heterocycles. The molecule has 0 bridgehead atoms. The maximum atomic E-state index is 4.24. The summed E-state index contributed by atoms with van der Waals surface area (Å²) in [5.41, 5.74) is 18.5. The van der Waals surface area contributed by atoms with Crippen LogP contribution in [0.5, 0.6) is 0 Å². The monoisotopic (exact) mass is 574 g/mol. The molecule has 0 aromatic heterocycles. The highest BCUT2D eigenvalue weighted by atomic mass is 28.3. The first-order chi connectivity index (χ1) is 20.1. The van der Waals surface area contributed by atoms with E-state index < -0.39 is 21.6 Å². The molecule has 0 aliphatic heterocycles. The number of rotatable bonds is 2. The molecule has 4 aromatic rings. The Morgan fingerprint density at radius 2 is 0.929 bits per heavy atom. The predicted octanol–water partition coefficient (Wildman–Crippen LogP) is 10.4. The Morgan fingerprint density at radius 3 is 1.38 bits per heavy atom. The number of hydrogen-bond acceptors (Lipinski definition) is 0. The fourth-order valence-electron chi connectivity index (χ4n) is 6.21. The van der Waals surface area contributed by atoms with E-state index in [0.717, 1.165) is 5.57 Å². The molecule has 206 valence electrons. The van der Waals surface area contributed by atoms with Gasteiger partial charge in [0.05, 0.1) is 8.07 Å². The first-order valence-electron chi connectivity index (χ1n) is 14.9. The van der Waals surface area contributed by atoms with E-state index in [4.69, 9.17) is 0 Å². The molecule has 0 atom stereocenters. The number of allylic oxidation sites excluding steroid dienone is 1. The molecule has 0 fully saturated rings. The van der Waals surface area contributed by atoms with Gasteiger partial charge < -0.3 is 0 Å². The van der Waals surface area contributed by atoms with Crippen LogP contribution in [0.4, 0.5) is 0 Å². The predicted molar refractivity (Wildman–Crippen MR) is 188 cm³/mol. The van der Waals surface area contributed by atoms with Crippen LogP contribution in [0.3, 0.4) is 0 Å². The Bertz CT molecular complexity index is 1780. The van der Waals surface area contributed by atoms with Gasteiger partial charge in [-0.05, 0) is 49.7 Å². The Morgan fingerprint density at radius 1 is 0.524 bits per heavy atom. The highest BCUT2D eigenvalue weighted by Gasteiger charge is 2.45. The maximum absolute atomic E-state index is 4.24. The lowest BCUT2D eigenvalue weighted by atomic mass is 9.72. The summed E-state index contributed by atoms with van der Waals surface area (Å²) in [5.74, 6) is 4.07. The second-order valence-electron chi connectivity index (χ2n) is 13.4. The molecule has 0 saturated carbocycles. The second kappa shape index (κ2) is 10.6. The third kappa shape index (κ3) is 5.06. The second-order valence-corrected chi connectivity index (χ2v) is 23.1. The van der Waals surface area contributed by atoms with Crippen molar-refractivity contribution < 1.29 is 0 Å². The van der Waals surface area contributed by atoms with Crippen molar-refractivity contribution in [3.05, 3.63) is 152 Å². The van der Waals surface area contributed by atoms with Gasteiger partial charge in [-0.1, -0.05) is 167 Å². The van der Waals surface area contributed by atoms with Crippen LogP contribution in [-0.4, -0.2) is 16.1 Å². The van der Waals surface area contributed by atoms with Crippen molar-refractivity contribution in [2.75, 3.05) is 0 Å². The normalized spacial score (nSPS) is 14.6. The van der Waals surface area contributed by atoms with Crippen LogP contribution < -0.4 is 0 Å². The van der Waals surface area contributed by atoms with Gasteiger partial charge in [-0.3, -0.25) is 0 Å². The number of benzene rings is 4. The van der Waals surface area contributed by atoms with E-state index >= 15 is 0 Å². The quantitative estimate of drug-likeness (QED) is 0.112. The summed E-state index contributed by atoms with van der Waals surface area (Å²) in [5, 5.41) is 1.32. The first-order valence-corrected chi connectivity index (χ1v) is 21.9. The average molecular weight is 575 g/mol. The van der Waals surface area contributed by atoms with E-state index in [0.29, 0.717) is 0 Å². The first kappa shape index (κ1) is 28.0. The van der Waals surface area contributed by atoms with Crippen LogP contribution in [0.25, 0.3) is 29.9 Å². The summed E-state index contributed by atoms with van der Waals surface area (Å²) < 4.78 is 0. The molecule has 0 radical (unpaired) electrons. The molecule has 2 aliphatic carbocycles. The van der Waals surface area contributed by atoms with Crippen LogP contribution in [-0.2, 0) is 5.41 Å². The fraction of sp³-hybridized carbons (Fsp3) is 0.175. The van der Waals surface area contributed by atoms with Crippen molar-refractivity contribution in [1.29, 1.82) is 0 Å². The van der Waals surface area contributed by atoms with Gasteiger partial charge in [0, 0.05) is 5.57 Å². The van der Waals surface area contributed by atoms with Crippen molar-refractivity contribution in [3.63, 3.8) is 0 Å². The van der Waals surface area contributed by atoms with Crippen LogP contribution in [0, 0.1) is 11.5 Å². The minimum Gasteiger partial charge on any atom is -0.130 e. The highest BCUT2D eigenvalue weighted by Crippen LogP contribution is 2.48. The van der Waals surface area contributed by atoms with E-state index in [2.05, 4.69) is 178 Å². The van der Waals surface area contributed by atoms with Crippen LogP contribution >= 0.6 is 0 Å². The van der Waals surface area contributed by atoms with E-state index in [1.165, 1.54) is 49.7 Å². The van der Waals surface area contributed by atoms with Gasteiger partial charge in [-0.2, -0.15) is 0 Å². The third-order valence-corrected chi connectivity index (χ3v) is 10.9. The van der Waals surface area contributed by atoms with Crippen molar-refractivity contribution >= 4 is 46.0 Å². The largest absolute Gasteiger partial charge is 0.130 e. The third-order valence-electron chi connectivity index (χ3n) is 8.07. The number of fused-ring (bicyclic) bond motifs is 4. The lowest BCUT2D eigenvalue weighted by Crippen LogP contribution is -2.41.